The number of hydrogen-bond donors (Lipinski definition) is 0. The monoisotopic (exact) mass is 390 g/mol. The molecule has 3 rings (SSSR count). The van der Waals surface area contributed by atoms with Gasteiger partial charge >= 0.3 is 0 Å². The summed E-state index contributed by atoms with van der Waals surface area (Å²) in [5, 5.41) is 1.47. The molecular formula is C19H23ClN4OS. The molecule has 1 aliphatic heterocycles. The fourth-order valence-corrected chi connectivity index (χ4v) is 3.63. The number of amides is 1. The summed E-state index contributed by atoms with van der Waals surface area (Å²) in [6.07, 6.45) is 4.78. The van der Waals surface area contributed by atoms with E-state index in [1.54, 1.807) is 36.0 Å². The molecule has 1 saturated heterocycles. The number of hydrogen-bond acceptors (Lipinski definition) is 5. The van der Waals surface area contributed by atoms with Crippen LogP contribution < -0.4 is 0 Å². The highest BCUT2D eigenvalue weighted by atomic mass is 35.5. The van der Waals surface area contributed by atoms with Crippen LogP contribution in [0.1, 0.15) is 29.3 Å². The summed E-state index contributed by atoms with van der Waals surface area (Å²) < 4.78 is 0. The second kappa shape index (κ2) is 9.35. The minimum Gasteiger partial charge on any atom is -0.337 e. The predicted molar refractivity (Wildman–Crippen MR) is 106 cm³/mol. The van der Waals surface area contributed by atoms with Gasteiger partial charge in [-0.05, 0) is 36.4 Å². The second-order valence-corrected chi connectivity index (χ2v) is 7.90. The van der Waals surface area contributed by atoms with Crippen molar-refractivity contribution in [1.29, 1.82) is 0 Å². The third-order valence-corrected chi connectivity index (χ3v) is 5.34. The molecule has 0 saturated carbocycles. The third kappa shape index (κ3) is 5.19. The first-order valence-corrected chi connectivity index (χ1v) is 10.2. The lowest BCUT2D eigenvalue weighted by atomic mass is 10.2. The fraction of sp³-hybridized carbons (Fsp3) is 0.421. The van der Waals surface area contributed by atoms with E-state index >= 15 is 0 Å². The van der Waals surface area contributed by atoms with Gasteiger partial charge < -0.3 is 4.90 Å². The molecule has 1 aromatic carbocycles. The van der Waals surface area contributed by atoms with E-state index < -0.39 is 0 Å². The Kier molecular flexibility index (Phi) is 6.88. The van der Waals surface area contributed by atoms with Crippen LogP contribution in [-0.4, -0.2) is 57.6 Å². The third-order valence-electron chi connectivity index (χ3n) is 4.33. The SMILES string of the molecule is CCSc1ncc(CN2CCCN(C(=O)c3ccc(Cl)cc3)CC2)cn1. The molecule has 1 amide bonds. The molecule has 2 heterocycles. The number of aromatic nitrogens is 2. The van der Waals surface area contributed by atoms with Crippen molar-refractivity contribution >= 4 is 29.3 Å². The van der Waals surface area contributed by atoms with E-state index in [-0.39, 0.29) is 5.91 Å². The summed E-state index contributed by atoms with van der Waals surface area (Å²) in [6.45, 7) is 6.24. The van der Waals surface area contributed by atoms with Gasteiger partial charge in [-0.2, -0.15) is 0 Å². The van der Waals surface area contributed by atoms with Gasteiger partial charge in [-0.3, -0.25) is 9.69 Å². The smallest absolute Gasteiger partial charge is 0.253 e. The van der Waals surface area contributed by atoms with Gasteiger partial charge in [-0.25, -0.2) is 9.97 Å². The number of benzene rings is 1. The molecule has 0 bridgehead atoms. The summed E-state index contributed by atoms with van der Waals surface area (Å²) in [5.74, 6) is 1.05. The Morgan fingerprint density at radius 2 is 1.85 bits per heavy atom. The van der Waals surface area contributed by atoms with Crippen LogP contribution in [0.5, 0.6) is 0 Å². The topological polar surface area (TPSA) is 49.3 Å². The van der Waals surface area contributed by atoms with Crippen molar-refractivity contribution in [3.05, 3.63) is 52.8 Å². The zero-order valence-electron chi connectivity index (χ0n) is 14.9. The number of carbonyl (C=O) groups excluding carboxylic acids is 1. The Morgan fingerprint density at radius 1 is 1.12 bits per heavy atom. The van der Waals surface area contributed by atoms with Crippen molar-refractivity contribution in [3.8, 4) is 0 Å². The van der Waals surface area contributed by atoms with Crippen molar-refractivity contribution in [2.75, 3.05) is 31.9 Å². The quantitative estimate of drug-likeness (QED) is 0.576. The molecule has 0 N–H and O–H groups in total. The maximum absolute atomic E-state index is 12.7. The van der Waals surface area contributed by atoms with Crippen LogP contribution >= 0.6 is 23.4 Å². The molecule has 1 aliphatic rings. The lowest BCUT2D eigenvalue weighted by Crippen LogP contribution is -2.35. The highest BCUT2D eigenvalue weighted by Gasteiger charge is 2.20. The van der Waals surface area contributed by atoms with Crippen LogP contribution in [0.3, 0.4) is 0 Å². The largest absolute Gasteiger partial charge is 0.337 e. The molecule has 7 heteroatoms. The fourth-order valence-electron chi connectivity index (χ4n) is 2.99. The zero-order valence-corrected chi connectivity index (χ0v) is 16.5. The summed E-state index contributed by atoms with van der Waals surface area (Å²) in [6, 6.07) is 7.11. The molecule has 0 atom stereocenters. The predicted octanol–water partition coefficient (Wildman–Crippen LogP) is 3.59. The number of carbonyl (C=O) groups is 1. The zero-order chi connectivity index (χ0) is 18.4. The molecule has 1 aromatic heterocycles. The van der Waals surface area contributed by atoms with Crippen LogP contribution in [-0.2, 0) is 6.54 Å². The standard InChI is InChI=1S/C19H23ClN4OS/c1-2-26-19-21-12-15(13-22-19)14-23-8-3-9-24(11-10-23)18(25)16-4-6-17(20)7-5-16/h4-7,12-13H,2-3,8-11,14H2,1H3. The van der Waals surface area contributed by atoms with Gasteiger partial charge in [-0.15, -0.1) is 0 Å². The van der Waals surface area contributed by atoms with E-state index in [2.05, 4.69) is 21.8 Å². The Labute approximate surface area is 163 Å². The van der Waals surface area contributed by atoms with Crippen LogP contribution in [0.25, 0.3) is 0 Å². The molecule has 2 aromatic rings. The summed E-state index contributed by atoms with van der Waals surface area (Å²) in [7, 11) is 0. The van der Waals surface area contributed by atoms with Crippen molar-refractivity contribution < 1.29 is 4.79 Å². The molecule has 138 valence electrons. The maximum Gasteiger partial charge on any atom is 0.253 e. The molecule has 0 spiro atoms. The average Bonchev–Trinajstić information content (AvgIpc) is 2.89. The molecular weight excluding hydrogens is 368 g/mol. The minimum atomic E-state index is 0.0767. The molecule has 0 radical (unpaired) electrons. The van der Waals surface area contributed by atoms with Crippen LogP contribution in [0, 0.1) is 0 Å². The summed E-state index contributed by atoms with van der Waals surface area (Å²) in [5.41, 5.74) is 1.81. The molecule has 1 fully saturated rings. The first kappa shape index (κ1) is 19.1. The lowest BCUT2D eigenvalue weighted by Gasteiger charge is -2.22. The van der Waals surface area contributed by atoms with E-state index in [9.17, 15) is 4.79 Å². The van der Waals surface area contributed by atoms with Crippen molar-refractivity contribution in [2.45, 2.75) is 25.0 Å². The van der Waals surface area contributed by atoms with Gasteiger partial charge in [0.1, 0.15) is 0 Å². The first-order chi connectivity index (χ1) is 12.7. The van der Waals surface area contributed by atoms with Gasteiger partial charge in [0.05, 0.1) is 0 Å². The van der Waals surface area contributed by atoms with Gasteiger partial charge in [0.25, 0.3) is 5.91 Å². The summed E-state index contributed by atoms with van der Waals surface area (Å²) >= 11 is 7.56. The van der Waals surface area contributed by atoms with Crippen LogP contribution in [0.15, 0.2) is 41.8 Å². The first-order valence-electron chi connectivity index (χ1n) is 8.86. The van der Waals surface area contributed by atoms with Crippen LogP contribution in [0.2, 0.25) is 5.02 Å². The molecule has 0 aliphatic carbocycles. The lowest BCUT2D eigenvalue weighted by molar-refractivity contribution is 0.0761. The highest BCUT2D eigenvalue weighted by molar-refractivity contribution is 7.99. The Hall–Kier alpha value is -1.63. The Bertz CT molecular complexity index is 723. The van der Waals surface area contributed by atoms with Crippen LogP contribution in [0.4, 0.5) is 0 Å². The normalized spacial score (nSPS) is 15.7. The van der Waals surface area contributed by atoms with Crippen molar-refractivity contribution in [3.63, 3.8) is 0 Å². The van der Waals surface area contributed by atoms with E-state index in [0.29, 0.717) is 10.6 Å². The number of nitrogens with zero attached hydrogens (tertiary/aromatic N) is 4. The van der Waals surface area contributed by atoms with E-state index in [1.165, 1.54) is 0 Å². The average molecular weight is 391 g/mol. The van der Waals surface area contributed by atoms with E-state index in [1.807, 2.05) is 17.3 Å². The Balaban J connectivity index is 1.56. The minimum absolute atomic E-state index is 0.0767. The Morgan fingerprint density at radius 3 is 2.54 bits per heavy atom. The van der Waals surface area contributed by atoms with E-state index in [0.717, 1.165) is 55.6 Å². The maximum atomic E-state index is 12.7. The molecule has 5 nitrogen and oxygen atoms in total. The second-order valence-electron chi connectivity index (χ2n) is 6.24. The van der Waals surface area contributed by atoms with Crippen molar-refractivity contribution in [1.82, 2.24) is 19.8 Å². The summed E-state index contributed by atoms with van der Waals surface area (Å²) in [4.78, 5) is 25.8. The van der Waals surface area contributed by atoms with Gasteiger partial charge in [-0.1, -0.05) is 30.3 Å². The number of halogens is 1. The van der Waals surface area contributed by atoms with Gasteiger partial charge in [0, 0.05) is 61.3 Å². The van der Waals surface area contributed by atoms with Crippen molar-refractivity contribution in [2.24, 2.45) is 0 Å². The number of rotatable bonds is 5. The molecule has 26 heavy (non-hydrogen) atoms. The van der Waals surface area contributed by atoms with Gasteiger partial charge in [0.2, 0.25) is 0 Å². The molecule has 0 unspecified atom stereocenters. The highest BCUT2D eigenvalue weighted by Crippen LogP contribution is 2.15. The van der Waals surface area contributed by atoms with Gasteiger partial charge in [0.15, 0.2) is 5.16 Å². The van der Waals surface area contributed by atoms with E-state index in [4.69, 9.17) is 11.6 Å². The number of thioether (sulfide) groups is 1.